The van der Waals surface area contributed by atoms with Gasteiger partial charge in [-0.05, 0) is 25.0 Å². The highest BCUT2D eigenvalue weighted by Crippen LogP contribution is 2.29. The number of hydrogen-bond donors (Lipinski definition) is 0. The second-order valence-electron chi connectivity index (χ2n) is 7.61. The number of aromatic nitrogens is 2. The van der Waals surface area contributed by atoms with Gasteiger partial charge in [0.15, 0.2) is 0 Å². The van der Waals surface area contributed by atoms with Gasteiger partial charge < -0.3 is 19.4 Å². The first-order valence-corrected chi connectivity index (χ1v) is 10.5. The van der Waals surface area contributed by atoms with Crippen LogP contribution < -0.4 is 14.5 Å². The third-order valence-corrected chi connectivity index (χ3v) is 5.79. The number of likely N-dealkylation sites (tertiary alicyclic amines) is 1. The quantitative estimate of drug-likeness (QED) is 0.793. The number of hydrogen-bond acceptors (Lipinski definition) is 6. The average molecular weight is 396 g/mol. The molecule has 0 aliphatic carbocycles. The fraction of sp³-hybridized carbons (Fsp3) is 0.500. The van der Waals surface area contributed by atoms with E-state index in [2.05, 4.69) is 25.8 Å². The molecule has 0 radical (unpaired) electrons. The molecule has 0 atom stereocenters. The average Bonchev–Trinajstić information content (AvgIpc) is 3.08. The van der Waals surface area contributed by atoms with E-state index in [4.69, 9.17) is 4.74 Å². The van der Waals surface area contributed by atoms with Crippen LogP contribution in [-0.4, -0.2) is 67.2 Å². The minimum Gasteiger partial charge on any atom is -0.495 e. The molecule has 0 spiro atoms. The molecule has 1 aromatic heterocycles. The molecule has 2 aliphatic heterocycles. The number of rotatable bonds is 4. The minimum atomic E-state index is 0.0307. The third kappa shape index (κ3) is 4.44. The Kier molecular flexibility index (Phi) is 6.12. The number of para-hydroxylation sites is 2. The van der Waals surface area contributed by atoms with Crippen molar-refractivity contribution in [3.63, 3.8) is 0 Å². The van der Waals surface area contributed by atoms with Crippen molar-refractivity contribution in [3.8, 4) is 5.75 Å². The number of carbonyl (C=O) groups is 1. The van der Waals surface area contributed by atoms with E-state index in [9.17, 15) is 4.79 Å². The lowest BCUT2D eigenvalue weighted by Crippen LogP contribution is -2.47. The molecule has 0 unspecified atom stereocenters. The number of piperazine rings is 1. The molecular weight excluding hydrogens is 366 g/mol. The van der Waals surface area contributed by atoms with Crippen LogP contribution in [0.2, 0.25) is 0 Å². The van der Waals surface area contributed by atoms with Crippen molar-refractivity contribution >= 4 is 17.4 Å². The van der Waals surface area contributed by atoms with Gasteiger partial charge >= 0.3 is 0 Å². The highest BCUT2D eigenvalue weighted by Gasteiger charge is 2.23. The smallest absolute Gasteiger partial charge is 0.272 e. The molecule has 7 nitrogen and oxygen atoms in total. The van der Waals surface area contributed by atoms with Gasteiger partial charge in [-0.1, -0.05) is 25.0 Å². The fourth-order valence-electron chi connectivity index (χ4n) is 4.14. The monoisotopic (exact) mass is 395 g/mol. The first-order valence-electron chi connectivity index (χ1n) is 10.5. The lowest BCUT2D eigenvalue weighted by atomic mass is 10.2. The van der Waals surface area contributed by atoms with Crippen LogP contribution >= 0.6 is 0 Å². The number of carbonyl (C=O) groups excluding carboxylic acids is 1. The second kappa shape index (κ2) is 9.11. The number of anilines is 2. The maximum atomic E-state index is 12.9. The van der Waals surface area contributed by atoms with Gasteiger partial charge in [-0.3, -0.25) is 4.79 Å². The first kappa shape index (κ1) is 19.5. The number of ether oxygens (including phenoxy) is 1. The van der Waals surface area contributed by atoms with Crippen LogP contribution in [0.3, 0.4) is 0 Å². The lowest BCUT2D eigenvalue weighted by Gasteiger charge is -2.37. The van der Waals surface area contributed by atoms with Crippen LogP contribution in [0.4, 0.5) is 11.5 Å². The molecule has 29 heavy (non-hydrogen) atoms. The van der Waals surface area contributed by atoms with E-state index in [1.807, 2.05) is 29.2 Å². The number of nitrogens with zero attached hydrogens (tertiary/aromatic N) is 5. The Hall–Kier alpha value is -2.83. The Labute approximate surface area is 172 Å². The van der Waals surface area contributed by atoms with Crippen LogP contribution in [0.25, 0.3) is 0 Å². The van der Waals surface area contributed by atoms with E-state index in [0.29, 0.717) is 5.69 Å². The van der Waals surface area contributed by atoms with Crippen molar-refractivity contribution in [2.24, 2.45) is 0 Å². The van der Waals surface area contributed by atoms with E-state index < -0.39 is 0 Å². The van der Waals surface area contributed by atoms with E-state index in [1.165, 1.54) is 19.2 Å². The molecule has 1 aromatic carbocycles. The Balaban J connectivity index is 1.42. The normalized spacial score (nSPS) is 17.8. The van der Waals surface area contributed by atoms with Crippen LogP contribution in [0.1, 0.15) is 36.2 Å². The van der Waals surface area contributed by atoms with Gasteiger partial charge in [-0.15, -0.1) is 0 Å². The summed E-state index contributed by atoms with van der Waals surface area (Å²) in [6, 6.07) is 9.97. The maximum Gasteiger partial charge on any atom is 0.272 e. The summed E-state index contributed by atoms with van der Waals surface area (Å²) in [4.78, 5) is 28.1. The highest BCUT2D eigenvalue weighted by molar-refractivity contribution is 5.93. The zero-order valence-electron chi connectivity index (χ0n) is 17.1. The predicted molar refractivity (Wildman–Crippen MR) is 114 cm³/mol. The summed E-state index contributed by atoms with van der Waals surface area (Å²) in [6.07, 6.45) is 6.08. The largest absolute Gasteiger partial charge is 0.495 e. The highest BCUT2D eigenvalue weighted by atomic mass is 16.5. The van der Waals surface area contributed by atoms with Crippen molar-refractivity contribution < 1.29 is 9.53 Å². The predicted octanol–water partition coefficient (Wildman–Crippen LogP) is 2.83. The molecule has 2 saturated heterocycles. The molecule has 7 heteroatoms. The van der Waals surface area contributed by atoms with Crippen molar-refractivity contribution in [1.29, 1.82) is 0 Å². The van der Waals surface area contributed by atoms with Crippen LogP contribution in [0.5, 0.6) is 5.75 Å². The van der Waals surface area contributed by atoms with Crippen molar-refractivity contribution in [1.82, 2.24) is 14.9 Å². The van der Waals surface area contributed by atoms with Gasteiger partial charge in [-0.25, -0.2) is 9.97 Å². The van der Waals surface area contributed by atoms with Gasteiger partial charge in [0.25, 0.3) is 5.91 Å². The summed E-state index contributed by atoms with van der Waals surface area (Å²) in [7, 11) is 1.71. The number of methoxy groups -OCH3 is 1. The molecule has 2 aliphatic rings. The fourth-order valence-corrected chi connectivity index (χ4v) is 4.14. The Bertz CT molecular complexity index is 827. The van der Waals surface area contributed by atoms with E-state index in [1.54, 1.807) is 7.11 Å². The topological polar surface area (TPSA) is 61.8 Å². The molecule has 0 saturated carbocycles. The Morgan fingerprint density at radius 2 is 1.59 bits per heavy atom. The summed E-state index contributed by atoms with van der Waals surface area (Å²) < 4.78 is 5.50. The summed E-state index contributed by atoms with van der Waals surface area (Å²) in [5.74, 6) is 1.76. The number of benzene rings is 1. The van der Waals surface area contributed by atoms with E-state index in [-0.39, 0.29) is 5.91 Å². The molecule has 1 amide bonds. The molecular formula is C22H29N5O2. The maximum absolute atomic E-state index is 12.9. The van der Waals surface area contributed by atoms with Gasteiger partial charge in [0.2, 0.25) is 0 Å². The van der Waals surface area contributed by atoms with Gasteiger partial charge in [0.1, 0.15) is 23.6 Å². The van der Waals surface area contributed by atoms with Crippen LogP contribution in [-0.2, 0) is 0 Å². The molecule has 154 valence electrons. The standard InChI is InChI=1S/C22H29N5O2/c1-29-20-9-5-4-8-19(20)25-12-14-26(15-13-25)21-16-18(23-17-24-21)22(28)27-10-6-2-3-7-11-27/h4-5,8-9,16-17H,2-3,6-7,10-15H2,1H3. The summed E-state index contributed by atoms with van der Waals surface area (Å²) >= 11 is 0. The van der Waals surface area contributed by atoms with Gasteiger partial charge in [0, 0.05) is 45.3 Å². The second-order valence-corrected chi connectivity index (χ2v) is 7.61. The SMILES string of the molecule is COc1ccccc1N1CCN(c2cc(C(=O)N3CCCCCC3)ncn2)CC1. The van der Waals surface area contributed by atoms with E-state index in [0.717, 1.165) is 69.4 Å². The summed E-state index contributed by atoms with van der Waals surface area (Å²) in [5, 5.41) is 0. The van der Waals surface area contributed by atoms with Gasteiger partial charge in [0.05, 0.1) is 12.8 Å². The Morgan fingerprint density at radius 3 is 2.31 bits per heavy atom. The molecule has 0 bridgehead atoms. The summed E-state index contributed by atoms with van der Waals surface area (Å²) in [5.41, 5.74) is 1.62. The Morgan fingerprint density at radius 1 is 0.897 bits per heavy atom. The molecule has 2 aromatic rings. The van der Waals surface area contributed by atoms with Crippen molar-refractivity contribution in [2.45, 2.75) is 25.7 Å². The minimum absolute atomic E-state index is 0.0307. The van der Waals surface area contributed by atoms with Crippen LogP contribution in [0, 0.1) is 0 Å². The lowest BCUT2D eigenvalue weighted by molar-refractivity contribution is 0.0755. The molecule has 4 rings (SSSR count). The van der Waals surface area contributed by atoms with Crippen LogP contribution in [0.15, 0.2) is 36.7 Å². The molecule has 2 fully saturated rings. The summed E-state index contributed by atoms with van der Waals surface area (Å²) in [6.45, 7) is 5.09. The van der Waals surface area contributed by atoms with E-state index >= 15 is 0 Å². The third-order valence-electron chi connectivity index (χ3n) is 5.79. The van der Waals surface area contributed by atoms with Gasteiger partial charge in [-0.2, -0.15) is 0 Å². The number of amides is 1. The molecule has 0 N–H and O–H groups in total. The zero-order chi connectivity index (χ0) is 20.1. The zero-order valence-corrected chi connectivity index (χ0v) is 17.1. The van der Waals surface area contributed by atoms with Crippen molar-refractivity contribution in [2.75, 3.05) is 56.2 Å². The first-order chi connectivity index (χ1) is 14.3. The molecule has 3 heterocycles. The van der Waals surface area contributed by atoms with Crippen molar-refractivity contribution in [3.05, 3.63) is 42.4 Å².